The minimum atomic E-state index is -0.266. The van der Waals surface area contributed by atoms with Gasteiger partial charge in [0.05, 0.1) is 13.2 Å². The summed E-state index contributed by atoms with van der Waals surface area (Å²) in [5, 5.41) is 3.59. The average Bonchev–Trinajstić information content (AvgIpc) is 2.62. The number of nitrogen functional groups attached to an aromatic ring is 1. The highest BCUT2D eigenvalue weighted by Crippen LogP contribution is 2.26. The molecule has 0 fully saturated rings. The zero-order chi connectivity index (χ0) is 18.5. The van der Waals surface area contributed by atoms with E-state index in [9.17, 15) is 4.39 Å². The van der Waals surface area contributed by atoms with Crippen LogP contribution in [0.15, 0.2) is 54.6 Å². The Labute approximate surface area is 156 Å². The van der Waals surface area contributed by atoms with Gasteiger partial charge in [-0.2, -0.15) is 4.98 Å². The summed E-state index contributed by atoms with van der Waals surface area (Å²) in [4.78, 5) is 8.04. The number of methoxy groups -OCH3 is 1. The van der Waals surface area contributed by atoms with Crippen LogP contribution in [0.1, 0.15) is 17.2 Å². The molecule has 1 atom stereocenters. The number of nitrogens with zero attached hydrogens (tertiary/aromatic N) is 2. The van der Waals surface area contributed by atoms with Crippen molar-refractivity contribution in [2.45, 2.75) is 12.5 Å². The zero-order valence-corrected chi connectivity index (χ0v) is 14.9. The Balaban J connectivity index is 1.90. The number of ether oxygens (including phenoxy) is 1. The maximum Gasteiger partial charge on any atom is 0.223 e. The van der Waals surface area contributed by atoms with Crippen LogP contribution in [0.5, 0.6) is 5.75 Å². The molecule has 3 N–H and O–H groups in total. The lowest BCUT2D eigenvalue weighted by molar-refractivity contribution is 0.414. The summed E-state index contributed by atoms with van der Waals surface area (Å²) in [5.74, 6) is 1.11. The smallest absolute Gasteiger partial charge is 0.223 e. The van der Waals surface area contributed by atoms with Crippen molar-refractivity contribution in [1.29, 1.82) is 0 Å². The molecular weight excluding hydrogens is 355 g/mol. The highest BCUT2D eigenvalue weighted by Gasteiger charge is 2.14. The lowest BCUT2D eigenvalue weighted by Gasteiger charge is -2.20. The van der Waals surface area contributed by atoms with Crippen molar-refractivity contribution >= 4 is 23.4 Å². The van der Waals surface area contributed by atoms with Crippen molar-refractivity contribution in [2.24, 2.45) is 0 Å². The standard InChI is InChI=1S/C19H18ClFN4O/c1-26-15-8-4-13(5-9-15)16(10-12-2-6-14(21)7-3-12)23-18-11-17(20)24-19(22)25-18/h2-9,11,16H,10H2,1H3,(H3,22,23,24,25). The number of nitrogens with two attached hydrogens (primary N) is 1. The lowest BCUT2D eigenvalue weighted by atomic mass is 9.98. The Morgan fingerprint density at radius 3 is 2.42 bits per heavy atom. The first-order chi connectivity index (χ1) is 12.5. The summed E-state index contributed by atoms with van der Waals surface area (Å²) in [6.07, 6.45) is 0.619. The third kappa shape index (κ3) is 4.61. The van der Waals surface area contributed by atoms with E-state index in [0.717, 1.165) is 16.9 Å². The SMILES string of the molecule is COc1ccc(C(Cc2ccc(F)cc2)Nc2cc(Cl)nc(N)n2)cc1. The first-order valence-corrected chi connectivity index (χ1v) is 8.36. The Morgan fingerprint density at radius 1 is 1.12 bits per heavy atom. The second-order valence-electron chi connectivity index (χ2n) is 5.73. The molecule has 134 valence electrons. The van der Waals surface area contributed by atoms with Crippen LogP contribution in [-0.4, -0.2) is 17.1 Å². The zero-order valence-electron chi connectivity index (χ0n) is 14.1. The van der Waals surface area contributed by atoms with Gasteiger partial charge in [0.2, 0.25) is 5.95 Å². The Morgan fingerprint density at radius 2 is 1.81 bits per heavy atom. The molecule has 0 saturated heterocycles. The lowest BCUT2D eigenvalue weighted by Crippen LogP contribution is -2.15. The van der Waals surface area contributed by atoms with Crippen molar-refractivity contribution < 1.29 is 9.13 Å². The van der Waals surface area contributed by atoms with Gasteiger partial charge >= 0.3 is 0 Å². The van der Waals surface area contributed by atoms with Crippen LogP contribution in [0.25, 0.3) is 0 Å². The molecule has 0 aliphatic carbocycles. The number of nitrogens with one attached hydrogen (secondary N) is 1. The molecule has 0 bridgehead atoms. The van der Waals surface area contributed by atoms with E-state index in [4.69, 9.17) is 22.1 Å². The fourth-order valence-electron chi connectivity index (χ4n) is 2.63. The molecule has 0 spiro atoms. The topological polar surface area (TPSA) is 73.1 Å². The quantitative estimate of drug-likeness (QED) is 0.632. The van der Waals surface area contributed by atoms with Crippen molar-refractivity contribution in [3.8, 4) is 5.75 Å². The maximum absolute atomic E-state index is 13.2. The number of aromatic nitrogens is 2. The predicted octanol–water partition coefficient (Wildman–Crippen LogP) is 4.26. The van der Waals surface area contributed by atoms with Crippen LogP contribution in [0.2, 0.25) is 5.15 Å². The third-order valence-corrected chi connectivity index (χ3v) is 4.10. The molecule has 3 aromatic rings. The van der Waals surface area contributed by atoms with Crippen LogP contribution in [0.4, 0.5) is 16.2 Å². The summed E-state index contributed by atoms with van der Waals surface area (Å²) in [5.41, 5.74) is 7.67. The summed E-state index contributed by atoms with van der Waals surface area (Å²) in [7, 11) is 1.62. The second-order valence-corrected chi connectivity index (χ2v) is 6.12. The van der Waals surface area contributed by atoms with Gasteiger partial charge in [-0.1, -0.05) is 35.9 Å². The van der Waals surface area contributed by atoms with Gasteiger partial charge in [-0.25, -0.2) is 9.37 Å². The van der Waals surface area contributed by atoms with Crippen LogP contribution in [-0.2, 0) is 6.42 Å². The number of anilines is 2. The Kier molecular flexibility index (Phi) is 5.53. The van der Waals surface area contributed by atoms with E-state index >= 15 is 0 Å². The first-order valence-electron chi connectivity index (χ1n) is 7.98. The summed E-state index contributed by atoms with van der Waals surface area (Å²) < 4.78 is 18.4. The van der Waals surface area contributed by atoms with Crippen molar-refractivity contribution in [2.75, 3.05) is 18.2 Å². The van der Waals surface area contributed by atoms with E-state index in [-0.39, 0.29) is 23.0 Å². The molecule has 0 aliphatic heterocycles. The van der Waals surface area contributed by atoms with Gasteiger partial charge in [-0.05, 0) is 41.8 Å². The molecule has 26 heavy (non-hydrogen) atoms. The second kappa shape index (κ2) is 8.01. The van der Waals surface area contributed by atoms with E-state index in [1.165, 1.54) is 12.1 Å². The maximum atomic E-state index is 13.2. The van der Waals surface area contributed by atoms with Crippen molar-refractivity contribution in [3.05, 3.63) is 76.7 Å². The number of hydrogen-bond acceptors (Lipinski definition) is 5. The normalized spacial score (nSPS) is 11.8. The van der Waals surface area contributed by atoms with Crippen molar-refractivity contribution in [1.82, 2.24) is 9.97 Å². The van der Waals surface area contributed by atoms with Crippen LogP contribution in [0, 0.1) is 5.82 Å². The van der Waals surface area contributed by atoms with Gasteiger partial charge in [0.15, 0.2) is 0 Å². The van der Waals surface area contributed by atoms with Gasteiger partial charge in [0.25, 0.3) is 0 Å². The molecule has 5 nitrogen and oxygen atoms in total. The average molecular weight is 373 g/mol. The fourth-order valence-corrected chi connectivity index (χ4v) is 2.82. The number of hydrogen-bond donors (Lipinski definition) is 2. The van der Waals surface area contributed by atoms with Crippen LogP contribution >= 0.6 is 11.6 Å². The Hall–Kier alpha value is -2.86. The van der Waals surface area contributed by atoms with E-state index in [1.54, 1.807) is 25.3 Å². The number of rotatable bonds is 6. The van der Waals surface area contributed by atoms with Crippen molar-refractivity contribution in [3.63, 3.8) is 0 Å². The van der Waals surface area contributed by atoms with E-state index < -0.39 is 0 Å². The third-order valence-electron chi connectivity index (χ3n) is 3.91. The summed E-state index contributed by atoms with van der Waals surface area (Å²) in [6, 6.07) is 15.6. The van der Waals surface area contributed by atoms with E-state index in [2.05, 4.69) is 15.3 Å². The molecule has 0 saturated carbocycles. The first kappa shape index (κ1) is 17.9. The molecule has 1 unspecified atom stereocenters. The highest BCUT2D eigenvalue weighted by molar-refractivity contribution is 6.29. The summed E-state index contributed by atoms with van der Waals surface area (Å²) in [6.45, 7) is 0. The number of benzene rings is 2. The van der Waals surface area contributed by atoms with Crippen LogP contribution in [0.3, 0.4) is 0 Å². The Bertz CT molecular complexity index is 851. The van der Waals surface area contributed by atoms with Gasteiger partial charge in [0.1, 0.15) is 22.5 Å². The van der Waals surface area contributed by atoms with E-state index in [0.29, 0.717) is 12.2 Å². The minimum Gasteiger partial charge on any atom is -0.497 e. The number of halogens is 2. The largest absolute Gasteiger partial charge is 0.497 e. The van der Waals surface area contributed by atoms with Gasteiger partial charge in [0, 0.05) is 6.07 Å². The highest BCUT2D eigenvalue weighted by atomic mass is 35.5. The molecule has 2 aromatic carbocycles. The van der Waals surface area contributed by atoms with E-state index in [1.807, 2.05) is 24.3 Å². The molecule has 0 amide bonds. The monoisotopic (exact) mass is 372 g/mol. The van der Waals surface area contributed by atoms with Gasteiger partial charge in [-0.3, -0.25) is 0 Å². The molecule has 1 aromatic heterocycles. The molecule has 3 rings (SSSR count). The minimum absolute atomic E-state index is 0.0928. The van der Waals surface area contributed by atoms with Gasteiger partial charge in [-0.15, -0.1) is 0 Å². The van der Waals surface area contributed by atoms with Gasteiger partial charge < -0.3 is 15.8 Å². The molecule has 1 heterocycles. The fraction of sp³-hybridized carbons (Fsp3) is 0.158. The predicted molar refractivity (Wildman–Crippen MR) is 101 cm³/mol. The summed E-state index contributed by atoms with van der Waals surface area (Å²) >= 11 is 5.97. The van der Waals surface area contributed by atoms with Crippen LogP contribution < -0.4 is 15.8 Å². The molecule has 0 radical (unpaired) electrons. The molecular formula is C19H18ClFN4O. The molecule has 0 aliphatic rings. The molecule has 7 heteroatoms.